The molecular formula is C16H28O2. The van der Waals surface area contributed by atoms with Gasteiger partial charge < -0.3 is 4.74 Å². The third kappa shape index (κ3) is 14.9. The number of rotatable bonds is 11. The van der Waals surface area contributed by atoms with Gasteiger partial charge in [0.2, 0.25) is 0 Å². The van der Waals surface area contributed by atoms with Crippen molar-refractivity contribution in [2.45, 2.75) is 65.2 Å². The van der Waals surface area contributed by atoms with Crippen LogP contribution in [0.15, 0.2) is 24.3 Å². The van der Waals surface area contributed by atoms with E-state index in [0.29, 0.717) is 6.61 Å². The number of carbonyl (C=O) groups is 1. The number of hydrogen-bond donors (Lipinski definition) is 0. The summed E-state index contributed by atoms with van der Waals surface area (Å²) in [6.45, 7) is 4.12. The maximum atomic E-state index is 10.5. The Kier molecular flexibility index (Phi) is 13.2. The monoisotopic (exact) mass is 252 g/mol. The van der Waals surface area contributed by atoms with Crippen molar-refractivity contribution in [2.24, 2.45) is 0 Å². The van der Waals surface area contributed by atoms with E-state index in [0.717, 1.165) is 19.3 Å². The first-order valence-corrected chi connectivity index (χ1v) is 7.20. The van der Waals surface area contributed by atoms with Crippen LogP contribution >= 0.6 is 0 Å². The lowest BCUT2D eigenvalue weighted by Gasteiger charge is -1.98. The van der Waals surface area contributed by atoms with Gasteiger partial charge in [-0.05, 0) is 38.5 Å². The van der Waals surface area contributed by atoms with E-state index >= 15 is 0 Å². The van der Waals surface area contributed by atoms with Gasteiger partial charge in [0.05, 0.1) is 6.61 Å². The smallest absolute Gasteiger partial charge is 0.302 e. The van der Waals surface area contributed by atoms with E-state index in [1.807, 2.05) is 0 Å². The van der Waals surface area contributed by atoms with Crippen molar-refractivity contribution in [3.8, 4) is 0 Å². The standard InChI is InChI=1S/C16H28O2/c1-3-4-5-6-7-8-9-10-11-12-13-14-15-18-16(2)17/h4-5,12-13H,3,6-11,14-15H2,1-2H3. The summed E-state index contributed by atoms with van der Waals surface area (Å²) >= 11 is 0. The fraction of sp³-hybridized carbons (Fsp3) is 0.688. The lowest BCUT2D eigenvalue weighted by atomic mass is 10.1. The molecule has 0 aliphatic carbocycles. The first-order chi connectivity index (χ1) is 8.77. The van der Waals surface area contributed by atoms with Crippen LogP contribution in [0.4, 0.5) is 0 Å². The van der Waals surface area contributed by atoms with Gasteiger partial charge in [-0.3, -0.25) is 4.79 Å². The second kappa shape index (κ2) is 14.0. The molecule has 0 N–H and O–H groups in total. The average molecular weight is 252 g/mol. The van der Waals surface area contributed by atoms with Crippen LogP contribution in [0.3, 0.4) is 0 Å². The molecule has 0 radical (unpaired) electrons. The molecule has 0 unspecified atom stereocenters. The van der Waals surface area contributed by atoms with E-state index < -0.39 is 0 Å². The lowest BCUT2D eigenvalue weighted by molar-refractivity contribution is -0.140. The summed E-state index contributed by atoms with van der Waals surface area (Å²) in [4.78, 5) is 10.5. The molecule has 0 aromatic carbocycles. The predicted octanol–water partition coefficient (Wildman–Crippen LogP) is 4.80. The Hall–Kier alpha value is -1.05. The quantitative estimate of drug-likeness (QED) is 0.300. The van der Waals surface area contributed by atoms with Crippen LogP contribution in [0.2, 0.25) is 0 Å². The minimum Gasteiger partial charge on any atom is -0.466 e. The van der Waals surface area contributed by atoms with Crippen LogP contribution in [0, 0.1) is 0 Å². The SMILES string of the molecule is CCC=CCCCCCCC=CCCOC(C)=O. The molecule has 18 heavy (non-hydrogen) atoms. The van der Waals surface area contributed by atoms with E-state index in [9.17, 15) is 4.79 Å². The summed E-state index contributed by atoms with van der Waals surface area (Å²) in [6.07, 6.45) is 18.4. The fourth-order valence-corrected chi connectivity index (χ4v) is 1.67. The molecule has 2 heteroatoms. The molecule has 0 rings (SSSR count). The number of esters is 1. The van der Waals surface area contributed by atoms with Crippen LogP contribution in [0.1, 0.15) is 65.2 Å². The first-order valence-electron chi connectivity index (χ1n) is 7.20. The highest BCUT2D eigenvalue weighted by Crippen LogP contribution is 2.06. The molecule has 0 aliphatic heterocycles. The van der Waals surface area contributed by atoms with E-state index in [1.165, 1.54) is 39.0 Å². The Labute approximate surface area is 112 Å². The molecule has 0 saturated heterocycles. The molecule has 0 spiro atoms. The molecule has 104 valence electrons. The molecule has 0 aliphatic rings. The number of allylic oxidation sites excluding steroid dienone is 3. The predicted molar refractivity (Wildman–Crippen MR) is 77.5 cm³/mol. The summed E-state index contributed by atoms with van der Waals surface area (Å²) in [6, 6.07) is 0. The second-order valence-corrected chi connectivity index (χ2v) is 4.47. The van der Waals surface area contributed by atoms with Crippen molar-refractivity contribution in [1.82, 2.24) is 0 Å². The van der Waals surface area contributed by atoms with E-state index in [4.69, 9.17) is 4.74 Å². The zero-order chi connectivity index (χ0) is 13.5. The normalized spacial score (nSPS) is 11.4. The van der Waals surface area contributed by atoms with E-state index in [2.05, 4.69) is 31.2 Å². The third-order valence-electron chi connectivity index (χ3n) is 2.65. The van der Waals surface area contributed by atoms with Crippen molar-refractivity contribution in [2.75, 3.05) is 6.61 Å². The van der Waals surface area contributed by atoms with Gasteiger partial charge in [-0.2, -0.15) is 0 Å². The highest BCUT2D eigenvalue weighted by Gasteiger charge is 1.89. The second-order valence-electron chi connectivity index (χ2n) is 4.47. The minimum atomic E-state index is -0.194. The Morgan fingerprint density at radius 1 is 0.889 bits per heavy atom. The Bertz CT molecular complexity index is 241. The van der Waals surface area contributed by atoms with Gasteiger partial charge in [0.1, 0.15) is 0 Å². The molecule has 0 heterocycles. The number of carbonyl (C=O) groups excluding carboxylic acids is 1. The van der Waals surface area contributed by atoms with Crippen LogP contribution < -0.4 is 0 Å². The molecule has 2 nitrogen and oxygen atoms in total. The molecule has 0 amide bonds. The fourth-order valence-electron chi connectivity index (χ4n) is 1.67. The zero-order valence-corrected chi connectivity index (χ0v) is 12.0. The third-order valence-corrected chi connectivity index (χ3v) is 2.65. The number of hydrogen-bond acceptors (Lipinski definition) is 2. The summed E-state index contributed by atoms with van der Waals surface area (Å²) < 4.78 is 4.84. The molecule has 0 aromatic rings. The van der Waals surface area contributed by atoms with Crippen molar-refractivity contribution in [3.05, 3.63) is 24.3 Å². The summed E-state index contributed by atoms with van der Waals surface area (Å²) in [5, 5.41) is 0. The van der Waals surface area contributed by atoms with Crippen molar-refractivity contribution in [1.29, 1.82) is 0 Å². The lowest BCUT2D eigenvalue weighted by Crippen LogP contribution is -1.98. The van der Waals surface area contributed by atoms with Gasteiger partial charge >= 0.3 is 5.97 Å². The first kappa shape index (κ1) is 16.9. The molecular weight excluding hydrogens is 224 g/mol. The van der Waals surface area contributed by atoms with Gasteiger partial charge in [-0.15, -0.1) is 0 Å². The van der Waals surface area contributed by atoms with Crippen LogP contribution in [-0.4, -0.2) is 12.6 Å². The maximum Gasteiger partial charge on any atom is 0.302 e. The average Bonchev–Trinajstić information content (AvgIpc) is 2.34. The van der Waals surface area contributed by atoms with Crippen LogP contribution in [-0.2, 0) is 9.53 Å². The highest BCUT2D eigenvalue weighted by atomic mass is 16.5. The van der Waals surface area contributed by atoms with Crippen molar-refractivity contribution < 1.29 is 9.53 Å². The highest BCUT2D eigenvalue weighted by molar-refractivity contribution is 5.65. The Morgan fingerprint density at radius 2 is 1.44 bits per heavy atom. The molecule has 0 fully saturated rings. The van der Waals surface area contributed by atoms with Crippen LogP contribution in [0.25, 0.3) is 0 Å². The van der Waals surface area contributed by atoms with Gasteiger partial charge in [0, 0.05) is 6.92 Å². The van der Waals surface area contributed by atoms with Gasteiger partial charge in [0.15, 0.2) is 0 Å². The minimum absolute atomic E-state index is 0.194. The van der Waals surface area contributed by atoms with Crippen molar-refractivity contribution >= 4 is 5.97 Å². The van der Waals surface area contributed by atoms with Crippen molar-refractivity contribution in [3.63, 3.8) is 0 Å². The van der Waals surface area contributed by atoms with Gasteiger partial charge in [-0.1, -0.05) is 44.1 Å². The summed E-state index contributed by atoms with van der Waals surface area (Å²) in [7, 11) is 0. The largest absolute Gasteiger partial charge is 0.466 e. The zero-order valence-electron chi connectivity index (χ0n) is 12.0. The summed E-state index contributed by atoms with van der Waals surface area (Å²) in [5.41, 5.74) is 0. The molecule has 0 aromatic heterocycles. The van der Waals surface area contributed by atoms with E-state index in [1.54, 1.807) is 0 Å². The Morgan fingerprint density at radius 3 is 2.00 bits per heavy atom. The number of ether oxygens (including phenoxy) is 1. The Balaban J connectivity index is 3.12. The van der Waals surface area contributed by atoms with Gasteiger partial charge in [0.25, 0.3) is 0 Å². The topological polar surface area (TPSA) is 26.3 Å². The number of unbranched alkanes of at least 4 members (excludes halogenated alkanes) is 5. The maximum absolute atomic E-state index is 10.5. The molecule has 0 atom stereocenters. The van der Waals surface area contributed by atoms with Crippen LogP contribution in [0.5, 0.6) is 0 Å². The van der Waals surface area contributed by atoms with Gasteiger partial charge in [-0.25, -0.2) is 0 Å². The molecule has 0 saturated carbocycles. The summed E-state index contributed by atoms with van der Waals surface area (Å²) in [5.74, 6) is -0.194. The van der Waals surface area contributed by atoms with E-state index in [-0.39, 0.29) is 5.97 Å². The molecule has 0 bridgehead atoms.